The molecule has 0 aliphatic carbocycles. The van der Waals surface area contributed by atoms with Crippen LogP contribution in [-0.2, 0) is 0 Å². The molecule has 0 atom stereocenters. The van der Waals surface area contributed by atoms with Crippen molar-refractivity contribution in [1.82, 2.24) is 4.98 Å². The molecule has 0 aliphatic rings. The Morgan fingerprint density at radius 3 is 2.35 bits per heavy atom. The Morgan fingerprint density at radius 2 is 1.71 bits per heavy atom. The van der Waals surface area contributed by atoms with E-state index in [-0.39, 0.29) is 0 Å². The zero-order valence-corrected chi connectivity index (χ0v) is 9.29. The van der Waals surface area contributed by atoms with Crippen LogP contribution in [0.2, 0.25) is 0 Å². The second kappa shape index (κ2) is 5.12. The number of rotatable bonds is 3. The number of carbonyl (C=O) groups is 1. The average Bonchev–Trinajstić information content (AvgIpc) is 2.40. The number of aromatic nitrogens is 1. The van der Waals surface area contributed by atoms with Crippen LogP contribution in [0.5, 0.6) is 11.5 Å². The van der Waals surface area contributed by atoms with Crippen molar-refractivity contribution < 1.29 is 14.3 Å². The molecule has 0 saturated carbocycles. The quantitative estimate of drug-likeness (QED) is 0.598. The molecule has 4 nitrogen and oxygen atoms in total. The molecule has 0 bridgehead atoms. The highest BCUT2D eigenvalue weighted by atomic mass is 16.6. The predicted octanol–water partition coefficient (Wildman–Crippen LogP) is 2.31. The van der Waals surface area contributed by atoms with Gasteiger partial charge in [0, 0.05) is 12.4 Å². The zero-order valence-electron chi connectivity index (χ0n) is 9.29. The number of pyridine rings is 1. The van der Waals surface area contributed by atoms with Crippen LogP contribution in [0, 0.1) is 0 Å². The monoisotopic (exact) mass is 229 g/mol. The van der Waals surface area contributed by atoms with Gasteiger partial charge in [-0.2, -0.15) is 0 Å². The fourth-order valence-corrected chi connectivity index (χ4v) is 1.35. The number of hydrogen-bond acceptors (Lipinski definition) is 4. The molecule has 0 fully saturated rings. The van der Waals surface area contributed by atoms with Gasteiger partial charge in [0.1, 0.15) is 0 Å². The Labute approximate surface area is 98.8 Å². The lowest BCUT2D eigenvalue weighted by molar-refractivity contribution is 0.0729. The summed E-state index contributed by atoms with van der Waals surface area (Å²) in [5.74, 6) is 0.489. The minimum Gasteiger partial charge on any atom is -0.493 e. The smallest absolute Gasteiger partial charge is 0.343 e. The van der Waals surface area contributed by atoms with Gasteiger partial charge in [-0.25, -0.2) is 4.79 Å². The van der Waals surface area contributed by atoms with Gasteiger partial charge in [0.2, 0.25) is 0 Å². The summed E-state index contributed by atoms with van der Waals surface area (Å²) < 4.78 is 10.3. The number of hydrogen-bond donors (Lipinski definition) is 0. The lowest BCUT2D eigenvalue weighted by Crippen LogP contribution is -2.09. The first-order chi connectivity index (χ1) is 8.31. The van der Waals surface area contributed by atoms with Crippen molar-refractivity contribution in [3.8, 4) is 11.5 Å². The zero-order chi connectivity index (χ0) is 12.1. The van der Waals surface area contributed by atoms with E-state index in [1.54, 1.807) is 42.7 Å². The fraction of sp³-hybridized carbons (Fsp3) is 0.0769. The van der Waals surface area contributed by atoms with Gasteiger partial charge in [-0.1, -0.05) is 12.1 Å². The van der Waals surface area contributed by atoms with Crippen molar-refractivity contribution in [1.29, 1.82) is 0 Å². The van der Waals surface area contributed by atoms with Crippen LogP contribution in [0.1, 0.15) is 10.4 Å². The highest BCUT2D eigenvalue weighted by Gasteiger charge is 2.10. The maximum Gasteiger partial charge on any atom is 0.343 e. The number of para-hydroxylation sites is 2. The van der Waals surface area contributed by atoms with E-state index >= 15 is 0 Å². The summed E-state index contributed by atoms with van der Waals surface area (Å²) in [7, 11) is 1.53. The first kappa shape index (κ1) is 11.1. The Morgan fingerprint density at radius 1 is 1.06 bits per heavy atom. The van der Waals surface area contributed by atoms with Crippen LogP contribution in [0.15, 0.2) is 48.8 Å². The highest BCUT2D eigenvalue weighted by molar-refractivity contribution is 5.91. The third kappa shape index (κ3) is 2.60. The normalized spacial score (nSPS) is 9.71. The summed E-state index contributed by atoms with van der Waals surface area (Å²) >= 11 is 0. The molecular formula is C13H11NO3. The molecule has 0 N–H and O–H groups in total. The third-order valence-electron chi connectivity index (χ3n) is 2.19. The highest BCUT2D eigenvalue weighted by Crippen LogP contribution is 2.26. The molecule has 0 aliphatic heterocycles. The first-order valence-corrected chi connectivity index (χ1v) is 5.06. The molecule has 1 aromatic heterocycles. The summed E-state index contributed by atoms with van der Waals surface area (Å²) in [4.78, 5) is 15.6. The summed E-state index contributed by atoms with van der Waals surface area (Å²) in [6.45, 7) is 0. The van der Waals surface area contributed by atoms with E-state index in [0.717, 1.165) is 0 Å². The number of methoxy groups -OCH3 is 1. The molecule has 4 heteroatoms. The van der Waals surface area contributed by atoms with Crippen LogP contribution in [0.3, 0.4) is 0 Å². The summed E-state index contributed by atoms with van der Waals surface area (Å²) in [6, 6.07) is 10.2. The van der Waals surface area contributed by atoms with Crippen molar-refractivity contribution in [2.24, 2.45) is 0 Å². The molecule has 17 heavy (non-hydrogen) atoms. The van der Waals surface area contributed by atoms with Crippen molar-refractivity contribution >= 4 is 5.97 Å². The lowest BCUT2D eigenvalue weighted by Gasteiger charge is -2.08. The first-order valence-electron chi connectivity index (χ1n) is 5.06. The Bertz CT molecular complexity index is 511. The van der Waals surface area contributed by atoms with Crippen molar-refractivity contribution in [2.45, 2.75) is 0 Å². The van der Waals surface area contributed by atoms with E-state index in [9.17, 15) is 4.79 Å². The van der Waals surface area contributed by atoms with E-state index in [2.05, 4.69) is 4.98 Å². The Hall–Kier alpha value is -2.36. The maximum absolute atomic E-state index is 11.8. The molecule has 0 unspecified atom stereocenters. The molecule has 0 saturated heterocycles. The average molecular weight is 229 g/mol. The number of nitrogens with zero attached hydrogens (tertiary/aromatic N) is 1. The molecule has 0 spiro atoms. The molecule has 0 amide bonds. The topological polar surface area (TPSA) is 48.4 Å². The molecule has 0 radical (unpaired) electrons. The molecule has 86 valence electrons. The molecule has 1 aromatic carbocycles. The number of ether oxygens (including phenoxy) is 2. The fourth-order valence-electron chi connectivity index (χ4n) is 1.35. The minimum atomic E-state index is -0.433. The van der Waals surface area contributed by atoms with Crippen LogP contribution < -0.4 is 9.47 Å². The number of carbonyl (C=O) groups excluding carboxylic acids is 1. The van der Waals surface area contributed by atoms with E-state index < -0.39 is 5.97 Å². The Balaban J connectivity index is 2.19. The number of benzene rings is 1. The van der Waals surface area contributed by atoms with Gasteiger partial charge in [-0.15, -0.1) is 0 Å². The van der Waals surface area contributed by atoms with E-state index in [4.69, 9.17) is 9.47 Å². The van der Waals surface area contributed by atoms with Gasteiger partial charge >= 0.3 is 5.97 Å². The van der Waals surface area contributed by atoms with E-state index in [1.165, 1.54) is 7.11 Å². The molecular weight excluding hydrogens is 218 g/mol. The van der Waals surface area contributed by atoms with Gasteiger partial charge in [0.15, 0.2) is 11.5 Å². The largest absolute Gasteiger partial charge is 0.493 e. The Kier molecular flexibility index (Phi) is 3.35. The summed E-state index contributed by atoms with van der Waals surface area (Å²) in [5, 5.41) is 0. The predicted molar refractivity (Wildman–Crippen MR) is 62.2 cm³/mol. The standard InChI is InChI=1S/C13H11NO3/c1-16-11-4-2-3-5-12(11)17-13(15)10-6-8-14-9-7-10/h2-9H,1H3. The summed E-state index contributed by atoms with van der Waals surface area (Å²) in [6.07, 6.45) is 3.08. The van der Waals surface area contributed by atoms with Gasteiger partial charge < -0.3 is 9.47 Å². The van der Waals surface area contributed by atoms with Crippen molar-refractivity contribution in [3.05, 3.63) is 54.4 Å². The summed E-state index contributed by atoms with van der Waals surface area (Å²) in [5.41, 5.74) is 0.450. The van der Waals surface area contributed by atoms with Gasteiger partial charge in [-0.05, 0) is 24.3 Å². The molecule has 1 heterocycles. The van der Waals surface area contributed by atoms with Crippen molar-refractivity contribution in [3.63, 3.8) is 0 Å². The van der Waals surface area contributed by atoms with Crippen LogP contribution >= 0.6 is 0 Å². The van der Waals surface area contributed by atoms with E-state index in [0.29, 0.717) is 17.1 Å². The van der Waals surface area contributed by atoms with Gasteiger partial charge in [-0.3, -0.25) is 4.98 Å². The van der Waals surface area contributed by atoms with Crippen molar-refractivity contribution in [2.75, 3.05) is 7.11 Å². The van der Waals surface area contributed by atoms with Crippen LogP contribution in [0.4, 0.5) is 0 Å². The van der Waals surface area contributed by atoms with Gasteiger partial charge in [0.25, 0.3) is 0 Å². The molecule has 2 rings (SSSR count). The van der Waals surface area contributed by atoms with Crippen LogP contribution in [-0.4, -0.2) is 18.1 Å². The second-order valence-corrected chi connectivity index (χ2v) is 3.28. The molecule has 2 aromatic rings. The third-order valence-corrected chi connectivity index (χ3v) is 2.19. The SMILES string of the molecule is COc1ccccc1OC(=O)c1ccncc1. The maximum atomic E-state index is 11.8. The van der Waals surface area contributed by atoms with Crippen LogP contribution in [0.25, 0.3) is 0 Å². The minimum absolute atomic E-state index is 0.400. The van der Waals surface area contributed by atoms with E-state index in [1.807, 2.05) is 6.07 Å². The lowest BCUT2D eigenvalue weighted by atomic mass is 10.3. The number of esters is 1. The second-order valence-electron chi connectivity index (χ2n) is 3.28. The van der Waals surface area contributed by atoms with Gasteiger partial charge in [0.05, 0.1) is 12.7 Å².